The fourth-order valence-electron chi connectivity index (χ4n) is 2.29. The van der Waals surface area contributed by atoms with Gasteiger partial charge in [0.05, 0.1) is 25.4 Å². The molecule has 1 heterocycles. The van der Waals surface area contributed by atoms with E-state index in [4.69, 9.17) is 4.74 Å². The molecule has 1 saturated heterocycles. The molecule has 4 heteroatoms. The molecule has 0 aliphatic carbocycles. The molecule has 0 N–H and O–H groups in total. The second-order valence-corrected chi connectivity index (χ2v) is 4.82. The highest BCUT2D eigenvalue weighted by atomic mass is 16.5. The van der Waals surface area contributed by atoms with Gasteiger partial charge in [-0.3, -0.25) is 4.90 Å². The van der Waals surface area contributed by atoms with E-state index in [9.17, 15) is 4.79 Å². The van der Waals surface area contributed by atoms with Gasteiger partial charge in [0.1, 0.15) is 0 Å². The van der Waals surface area contributed by atoms with Gasteiger partial charge in [-0.05, 0) is 24.1 Å². The van der Waals surface area contributed by atoms with Crippen LogP contribution in [0.3, 0.4) is 0 Å². The number of rotatable bonds is 4. The maximum absolute atomic E-state index is 11.3. The number of nitrogens with zero attached hydrogens (tertiary/aromatic N) is 1. The summed E-state index contributed by atoms with van der Waals surface area (Å²) in [5.74, 6) is -0.288. The lowest BCUT2D eigenvalue weighted by Crippen LogP contribution is -2.41. The first kappa shape index (κ1) is 14.0. The summed E-state index contributed by atoms with van der Waals surface area (Å²) in [6, 6.07) is 7.61. The van der Waals surface area contributed by atoms with Gasteiger partial charge in [0, 0.05) is 19.6 Å². The van der Waals surface area contributed by atoms with E-state index in [1.807, 2.05) is 24.3 Å². The highest BCUT2D eigenvalue weighted by molar-refractivity contribution is 5.89. The summed E-state index contributed by atoms with van der Waals surface area (Å²) in [4.78, 5) is 13.7. The number of ether oxygens (including phenoxy) is 2. The van der Waals surface area contributed by atoms with Crippen molar-refractivity contribution in [3.8, 4) is 0 Å². The number of hydrogen-bond acceptors (Lipinski definition) is 4. The molecule has 1 aromatic rings. The number of carbonyl (C=O) groups is 1. The molecule has 1 aromatic carbocycles. The van der Waals surface area contributed by atoms with Gasteiger partial charge < -0.3 is 9.47 Å². The Balaban J connectivity index is 1.94. The Bertz CT molecular complexity index is 416. The maximum atomic E-state index is 11.3. The molecule has 1 aliphatic heterocycles. The van der Waals surface area contributed by atoms with Crippen molar-refractivity contribution in [2.75, 3.05) is 26.8 Å². The minimum Gasteiger partial charge on any atom is -0.465 e. The summed E-state index contributed by atoms with van der Waals surface area (Å²) in [6.07, 6.45) is 1.40. The van der Waals surface area contributed by atoms with Crippen molar-refractivity contribution >= 4 is 5.97 Å². The SMILES string of the molecule is CCC1CN(Cc2ccc(C(=O)OC)cc2)CCO1. The van der Waals surface area contributed by atoms with Crippen LogP contribution in [-0.2, 0) is 16.0 Å². The highest BCUT2D eigenvalue weighted by Crippen LogP contribution is 2.13. The lowest BCUT2D eigenvalue weighted by Gasteiger charge is -2.32. The van der Waals surface area contributed by atoms with Gasteiger partial charge in [-0.15, -0.1) is 0 Å². The van der Waals surface area contributed by atoms with E-state index < -0.39 is 0 Å². The number of methoxy groups -OCH3 is 1. The molecule has 104 valence electrons. The first-order valence-corrected chi connectivity index (χ1v) is 6.74. The third-order valence-corrected chi connectivity index (χ3v) is 3.46. The number of carbonyl (C=O) groups excluding carboxylic acids is 1. The molecule has 0 bridgehead atoms. The second-order valence-electron chi connectivity index (χ2n) is 4.82. The number of morpholine rings is 1. The molecule has 4 nitrogen and oxygen atoms in total. The van der Waals surface area contributed by atoms with Gasteiger partial charge in [0.2, 0.25) is 0 Å². The van der Waals surface area contributed by atoms with E-state index in [0.29, 0.717) is 11.7 Å². The predicted molar refractivity (Wildman–Crippen MR) is 73.1 cm³/mol. The molecule has 2 rings (SSSR count). The van der Waals surface area contributed by atoms with Gasteiger partial charge in [0.15, 0.2) is 0 Å². The number of esters is 1. The second kappa shape index (κ2) is 6.68. The Hall–Kier alpha value is -1.39. The Morgan fingerprint density at radius 2 is 2.16 bits per heavy atom. The maximum Gasteiger partial charge on any atom is 0.337 e. The zero-order chi connectivity index (χ0) is 13.7. The third-order valence-electron chi connectivity index (χ3n) is 3.46. The van der Waals surface area contributed by atoms with E-state index in [1.165, 1.54) is 12.7 Å². The van der Waals surface area contributed by atoms with Gasteiger partial charge in [0.25, 0.3) is 0 Å². The molecule has 0 radical (unpaired) electrons. The molecule has 0 spiro atoms. The van der Waals surface area contributed by atoms with Crippen molar-refractivity contribution in [3.63, 3.8) is 0 Å². The third kappa shape index (κ3) is 3.78. The molecule has 0 amide bonds. The Morgan fingerprint density at radius 3 is 2.79 bits per heavy atom. The summed E-state index contributed by atoms with van der Waals surface area (Å²) in [5.41, 5.74) is 1.81. The van der Waals surface area contributed by atoms with Crippen LogP contribution in [0.25, 0.3) is 0 Å². The van der Waals surface area contributed by atoms with Crippen LogP contribution in [0.5, 0.6) is 0 Å². The van der Waals surface area contributed by atoms with E-state index >= 15 is 0 Å². The first-order chi connectivity index (χ1) is 9.22. The topological polar surface area (TPSA) is 38.8 Å². The normalized spacial score (nSPS) is 20.2. The molecule has 0 aromatic heterocycles. The van der Waals surface area contributed by atoms with Gasteiger partial charge in [-0.25, -0.2) is 4.79 Å². The van der Waals surface area contributed by atoms with Crippen molar-refractivity contribution in [2.45, 2.75) is 26.0 Å². The number of hydrogen-bond donors (Lipinski definition) is 0. The first-order valence-electron chi connectivity index (χ1n) is 6.74. The molecule has 0 saturated carbocycles. The van der Waals surface area contributed by atoms with Gasteiger partial charge in [-0.2, -0.15) is 0 Å². The average Bonchev–Trinajstić information content (AvgIpc) is 2.47. The lowest BCUT2D eigenvalue weighted by atomic mass is 10.1. The predicted octanol–water partition coefficient (Wildman–Crippen LogP) is 2.08. The van der Waals surface area contributed by atoms with E-state index in [1.54, 1.807) is 0 Å². The average molecular weight is 263 g/mol. The standard InChI is InChI=1S/C15H21NO3/c1-3-14-11-16(8-9-19-14)10-12-4-6-13(7-5-12)15(17)18-2/h4-7,14H,3,8-11H2,1-2H3. The summed E-state index contributed by atoms with van der Waals surface area (Å²) in [6.45, 7) is 5.81. The van der Waals surface area contributed by atoms with Crippen LogP contribution in [0.15, 0.2) is 24.3 Å². The van der Waals surface area contributed by atoms with Crippen LogP contribution in [0.1, 0.15) is 29.3 Å². The smallest absolute Gasteiger partial charge is 0.337 e. The van der Waals surface area contributed by atoms with Crippen molar-refractivity contribution < 1.29 is 14.3 Å². The van der Waals surface area contributed by atoms with Gasteiger partial charge in [-0.1, -0.05) is 19.1 Å². The molecular formula is C15H21NO3. The lowest BCUT2D eigenvalue weighted by molar-refractivity contribution is -0.0324. The molecule has 1 unspecified atom stereocenters. The fraction of sp³-hybridized carbons (Fsp3) is 0.533. The molecule has 19 heavy (non-hydrogen) atoms. The largest absolute Gasteiger partial charge is 0.465 e. The van der Waals surface area contributed by atoms with E-state index in [2.05, 4.69) is 16.6 Å². The monoisotopic (exact) mass is 263 g/mol. The number of benzene rings is 1. The summed E-state index contributed by atoms with van der Waals surface area (Å²) in [5, 5.41) is 0. The van der Waals surface area contributed by atoms with E-state index in [0.717, 1.165) is 32.7 Å². The molecule has 1 fully saturated rings. The minimum absolute atomic E-state index is 0.288. The van der Waals surface area contributed by atoms with Crippen LogP contribution in [-0.4, -0.2) is 43.8 Å². The van der Waals surface area contributed by atoms with Crippen LogP contribution in [0, 0.1) is 0 Å². The Morgan fingerprint density at radius 1 is 1.42 bits per heavy atom. The molecule has 1 atom stereocenters. The van der Waals surface area contributed by atoms with Crippen molar-refractivity contribution in [1.82, 2.24) is 4.90 Å². The zero-order valence-electron chi connectivity index (χ0n) is 11.6. The fourth-order valence-corrected chi connectivity index (χ4v) is 2.29. The summed E-state index contributed by atoms with van der Waals surface area (Å²) < 4.78 is 10.3. The Labute approximate surface area is 114 Å². The van der Waals surface area contributed by atoms with Gasteiger partial charge >= 0.3 is 5.97 Å². The summed E-state index contributed by atoms with van der Waals surface area (Å²) >= 11 is 0. The van der Waals surface area contributed by atoms with Crippen LogP contribution in [0.4, 0.5) is 0 Å². The minimum atomic E-state index is -0.288. The highest BCUT2D eigenvalue weighted by Gasteiger charge is 2.18. The Kier molecular flexibility index (Phi) is 4.93. The zero-order valence-corrected chi connectivity index (χ0v) is 11.6. The molecule has 1 aliphatic rings. The van der Waals surface area contributed by atoms with Crippen LogP contribution >= 0.6 is 0 Å². The van der Waals surface area contributed by atoms with Crippen molar-refractivity contribution in [3.05, 3.63) is 35.4 Å². The van der Waals surface area contributed by atoms with Crippen LogP contribution in [0.2, 0.25) is 0 Å². The van der Waals surface area contributed by atoms with Crippen molar-refractivity contribution in [1.29, 1.82) is 0 Å². The van der Waals surface area contributed by atoms with E-state index in [-0.39, 0.29) is 5.97 Å². The van der Waals surface area contributed by atoms with Crippen molar-refractivity contribution in [2.24, 2.45) is 0 Å². The summed E-state index contributed by atoms with van der Waals surface area (Å²) in [7, 11) is 1.40. The molecular weight excluding hydrogens is 242 g/mol. The van der Waals surface area contributed by atoms with Crippen LogP contribution < -0.4 is 0 Å². The quantitative estimate of drug-likeness (QED) is 0.780.